The van der Waals surface area contributed by atoms with E-state index in [4.69, 9.17) is 0 Å². The maximum absolute atomic E-state index is 12.9. The molecule has 1 atom stereocenters. The first kappa shape index (κ1) is 21.8. The Hall–Kier alpha value is -3.38. The highest BCUT2D eigenvalue weighted by molar-refractivity contribution is 7.99. The third kappa shape index (κ3) is 5.45. The molecule has 32 heavy (non-hydrogen) atoms. The highest BCUT2D eigenvalue weighted by Gasteiger charge is 2.18. The standard InChI is InChI=1S/C26H26N4OS/c1-19-10-9-15-23(16-19)30-20(2)28-29-26(30)32-18-25(31)27-24(22-13-7-4-8-14-22)17-21-11-5-3-6-12-21/h3-16,24H,17-18H2,1-2H3,(H,27,31). The van der Waals surface area contributed by atoms with Crippen molar-refractivity contribution in [1.29, 1.82) is 0 Å². The van der Waals surface area contributed by atoms with Crippen LogP contribution in [0.1, 0.15) is 28.6 Å². The highest BCUT2D eigenvalue weighted by Crippen LogP contribution is 2.23. The van der Waals surface area contributed by atoms with Crippen LogP contribution >= 0.6 is 11.8 Å². The van der Waals surface area contributed by atoms with E-state index in [1.165, 1.54) is 17.3 Å². The molecule has 1 heterocycles. The van der Waals surface area contributed by atoms with Gasteiger partial charge in [0.2, 0.25) is 5.91 Å². The Morgan fingerprint density at radius 2 is 1.66 bits per heavy atom. The van der Waals surface area contributed by atoms with Gasteiger partial charge in [0, 0.05) is 5.69 Å². The number of hydrogen-bond donors (Lipinski definition) is 1. The maximum Gasteiger partial charge on any atom is 0.230 e. The number of nitrogens with zero attached hydrogens (tertiary/aromatic N) is 3. The van der Waals surface area contributed by atoms with Crippen molar-refractivity contribution >= 4 is 17.7 Å². The number of rotatable bonds is 8. The molecule has 0 spiro atoms. The molecule has 0 radical (unpaired) electrons. The van der Waals surface area contributed by atoms with Gasteiger partial charge in [-0.1, -0.05) is 84.6 Å². The molecule has 4 aromatic rings. The summed E-state index contributed by atoms with van der Waals surface area (Å²) in [5.74, 6) is 1.03. The molecule has 5 nitrogen and oxygen atoms in total. The van der Waals surface area contributed by atoms with Crippen molar-refractivity contribution < 1.29 is 4.79 Å². The summed E-state index contributed by atoms with van der Waals surface area (Å²) in [5, 5.41) is 12.4. The Morgan fingerprint density at radius 1 is 0.938 bits per heavy atom. The monoisotopic (exact) mass is 442 g/mol. The smallest absolute Gasteiger partial charge is 0.230 e. The van der Waals surface area contributed by atoms with Gasteiger partial charge in [-0.05, 0) is 49.1 Å². The number of carbonyl (C=O) groups excluding carboxylic acids is 1. The Labute approximate surface area is 192 Å². The summed E-state index contributed by atoms with van der Waals surface area (Å²) in [5.41, 5.74) is 4.44. The molecular weight excluding hydrogens is 416 g/mol. The van der Waals surface area contributed by atoms with Gasteiger partial charge in [0.05, 0.1) is 11.8 Å². The normalized spacial score (nSPS) is 11.8. The van der Waals surface area contributed by atoms with Crippen molar-refractivity contribution in [2.45, 2.75) is 31.5 Å². The molecule has 4 rings (SSSR count). The lowest BCUT2D eigenvalue weighted by Crippen LogP contribution is -2.31. The van der Waals surface area contributed by atoms with Crippen molar-refractivity contribution in [2.75, 3.05) is 5.75 Å². The Kier molecular flexibility index (Phi) is 7.02. The van der Waals surface area contributed by atoms with Crippen LogP contribution in [0, 0.1) is 13.8 Å². The number of thioether (sulfide) groups is 1. The fourth-order valence-electron chi connectivity index (χ4n) is 3.65. The van der Waals surface area contributed by atoms with Crippen LogP contribution in [0.2, 0.25) is 0 Å². The summed E-state index contributed by atoms with van der Waals surface area (Å²) in [6, 6.07) is 28.4. The third-order valence-corrected chi connectivity index (χ3v) is 6.14. The number of carbonyl (C=O) groups is 1. The highest BCUT2D eigenvalue weighted by atomic mass is 32.2. The van der Waals surface area contributed by atoms with E-state index in [0.717, 1.165) is 29.1 Å². The second-order valence-electron chi connectivity index (χ2n) is 7.71. The van der Waals surface area contributed by atoms with E-state index < -0.39 is 0 Å². The van der Waals surface area contributed by atoms with Crippen LogP contribution < -0.4 is 5.32 Å². The van der Waals surface area contributed by atoms with E-state index in [9.17, 15) is 4.79 Å². The summed E-state index contributed by atoms with van der Waals surface area (Å²) < 4.78 is 1.99. The van der Waals surface area contributed by atoms with E-state index in [1.54, 1.807) is 0 Å². The lowest BCUT2D eigenvalue weighted by molar-refractivity contribution is -0.119. The average Bonchev–Trinajstić information content (AvgIpc) is 3.19. The first-order valence-electron chi connectivity index (χ1n) is 10.6. The topological polar surface area (TPSA) is 59.8 Å². The van der Waals surface area contributed by atoms with Gasteiger partial charge in [-0.2, -0.15) is 0 Å². The van der Waals surface area contributed by atoms with Crippen LogP contribution in [-0.4, -0.2) is 26.4 Å². The van der Waals surface area contributed by atoms with Crippen molar-refractivity contribution in [3.8, 4) is 5.69 Å². The molecule has 6 heteroatoms. The number of hydrogen-bond acceptors (Lipinski definition) is 4. The molecule has 0 bridgehead atoms. The molecule has 1 N–H and O–H groups in total. The number of nitrogens with one attached hydrogen (secondary N) is 1. The zero-order valence-electron chi connectivity index (χ0n) is 18.2. The first-order valence-corrected chi connectivity index (χ1v) is 11.6. The second-order valence-corrected chi connectivity index (χ2v) is 8.66. The Balaban J connectivity index is 1.46. The number of benzene rings is 3. The van der Waals surface area contributed by atoms with Crippen molar-refractivity contribution in [3.05, 3.63) is 107 Å². The molecule has 162 valence electrons. The molecule has 1 aromatic heterocycles. The molecular formula is C26H26N4OS. The summed E-state index contributed by atoms with van der Waals surface area (Å²) >= 11 is 1.40. The summed E-state index contributed by atoms with van der Waals surface area (Å²) in [7, 11) is 0. The second kappa shape index (κ2) is 10.3. The van der Waals surface area contributed by atoms with Gasteiger partial charge in [0.25, 0.3) is 0 Å². The van der Waals surface area contributed by atoms with Gasteiger partial charge in [-0.25, -0.2) is 0 Å². The fraction of sp³-hybridized carbons (Fsp3) is 0.192. The lowest BCUT2D eigenvalue weighted by atomic mass is 9.99. The van der Waals surface area contributed by atoms with Gasteiger partial charge in [0.15, 0.2) is 5.16 Å². The average molecular weight is 443 g/mol. The first-order chi connectivity index (χ1) is 15.6. The lowest BCUT2D eigenvalue weighted by Gasteiger charge is -2.19. The molecule has 0 aliphatic carbocycles. The number of amides is 1. The van der Waals surface area contributed by atoms with E-state index in [-0.39, 0.29) is 17.7 Å². The maximum atomic E-state index is 12.9. The zero-order valence-corrected chi connectivity index (χ0v) is 19.0. The van der Waals surface area contributed by atoms with Crippen LogP contribution in [0.3, 0.4) is 0 Å². The molecule has 0 saturated carbocycles. The van der Waals surface area contributed by atoms with Gasteiger partial charge < -0.3 is 5.32 Å². The van der Waals surface area contributed by atoms with E-state index in [0.29, 0.717) is 5.16 Å². The van der Waals surface area contributed by atoms with Gasteiger partial charge in [-0.3, -0.25) is 9.36 Å². The zero-order chi connectivity index (χ0) is 22.3. The van der Waals surface area contributed by atoms with Crippen LogP contribution in [0.15, 0.2) is 90.1 Å². The van der Waals surface area contributed by atoms with Crippen molar-refractivity contribution in [3.63, 3.8) is 0 Å². The largest absolute Gasteiger partial charge is 0.348 e. The van der Waals surface area contributed by atoms with Crippen LogP contribution in [-0.2, 0) is 11.2 Å². The van der Waals surface area contributed by atoms with E-state index in [2.05, 4.69) is 58.8 Å². The van der Waals surface area contributed by atoms with Crippen LogP contribution in [0.4, 0.5) is 0 Å². The Morgan fingerprint density at radius 3 is 2.38 bits per heavy atom. The predicted octanol–water partition coefficient (Wildman–Crippen LogP) is 5.08. The minimum atomic E-state index is -0.0944. The predicted molar refractivity (Wildman–Crippen MR) is 129 cm³/mol. The summed E-state index contributed by atoms with van der Waals surface area (Å²) in [6.07, 6.45) is 0.736. The number of aryl methyl sites for hydroxylation is 2. The molecule has 0 aliphatic heterocycles. The van der Waals surface area contributed by atoms with E-state index in [1.807, 2.05) is 60.0 Å². The fourth-order valence-corrected chi connectivity index (χ4v) is 4.46. The SMILES string of the molecule is Cc1cccc(-n2c(C)nnc2SCC(=O)NC(Cc2ccccc2)c2ccccc2)c1. The third-order valence-electron chi connectivity index (χ3n) is 5.21. The molecule has 0 fully saturated rings. The van der Waals surface area contributed by atoms with Gasteiger partial charge >= 0.3 is 0 Å². The summed E-state index contributed by atoms with van der Waals surface area (Å²) in [4.78, 5) is 12.9. The molecule has 0 aliphatic rings. The van der Waals surface area contributed by atoms with E-state index >= 15 is 0 Å². The quantitative estimate of drug-likeness (QED) is 0.387. The molecule has 3 aromatic carbocycles. The van der Waals surface area contributed by atoms with Crippen molar-refractivity contribution in [2.24, 2.45) is 0 Å². The minimum Gasteiger partial charge on any atom is -0.348 e. The van der Waals surface area contributed by atoms with Crippen molar-refractivity contribution in [1.82, 2.24) is 20.1 Å². The Bertz CT molecular complexity index is 1170. The van der Waals surface area contributed by atoms with Gasteiger partial charge in [-0.15, -0.1) is 10.2 Å². The molecule has 1 unspecified atom stereocenters. The molecule has 0 saturated heterocycles. The number of aromatic nitrogens is 3. The minimum absolute atomic E-state index is 0.0313. The molecule has 1 amide bonds. The van der Waals surface area contributed by atoms with Crippen LogP contribution in [0.5, 0.6) is 0 Å². The van der Waals surface area contributed by atoms with Crippen LogP contribution in [0.25, 0.3) is 5.69 Å². The summed E-state index contributed by atoms with van der Waals surface area (Å²) in [6.45, 7) is 3.98. The van der Waals surface area contributed by atoms with Gasteiger partial charge in [0.1, 0.15) is 5.82 Å².